The normalized spacial score (nSPS) is 15.9. The zero-order valence-electron chi connectivity index (χ0n) is 10.8. The molecule has 0 atom stereocenters. The molecule has 0 saturated carbocycles. The Balaban J connectivity index is 2.21. The molecule has 104 valence electrons. The minimum Gasteiger partial charge on any atom is -0.342 e. The van der Waals surface area contributed by atoms with Crippen molar-refractivity contribution in [2.24, 2.45) is 0 Å². The van der Waals surface area contributed by atoms with E-state index >= 15 is 0 Å². The van der Waals surface area contributed by atoms with Crippen molar-refractivity contribution in [1.29, 1.82) is 0 Å². The smallest absolute Gasteiger partial charge is 0.342 e. The molecule has 1 aromatic rings. The number of fused-ring (bicyclic) bond motifs is 1. The van der Waals surface area contributed by atoms with Crippen molar-refractivity contribution in [1.82, 2.24) is 4.90 Å². The first kappa shape index (κ1) is 13.9. The molecular weight excluding hydrogens is 255 g/mol. The Morgan fingerprint density at radius 2 is 1.84 bits per heavy atom. The summed E-state index contributed by atoms with van der Waals surface area (Å²) in [5.41, 5.74) is 1.02. The maximum Gasteiger partial charge on any atom is 0.416 e. The number of hydrogen-bond donors (Lipinski definition) is 0. The van der Waals surface area contributed by atoms with E-state index in [9.17, 15) is 18.0 Å². The highest BCUT2D eigenvalue weighted by atomic mass is 19.4. The summed E-state index contributed by atoms with van der Waals surface area (Å²) >= 11 is 0. The molecule has 0 unspecified atom stereocenters. The first-order chi connectivity index (χ1) is 8.91. The largest absolute Gasteiger partial charge is 0.416 e. The molecule has 1 aliphatic rings. The Morgan fingerprint density at radius 1 is 1.21 bits per heavy atom. The van der Waals surface area contributed by atoms with Crippen LogP contribution in [0.25, 0.3) is 0 Å². The van der Waals surface area contributed by atoms with Gasteiger partial charge in [-0.1, -0.05) is 13.0 Å². The van der Waals surface area contributed by atoms with Crippen molar-refractivity contribution in [3.8, 4) is 0 Å². The van der Waals surface area contributed by atoms with Crippen molar-refractivity contribution >= 4 is 5.91 Å². The summed E-state index contributed by atoms with van der Waals surface area (Å²) in [5, 5.41) is 0. The van der Waals surface area contributed by atoms with E-state index in [0.717, 1.165) is 11.6 Å². The van der Waals surface area contributed by atoms with E-state index in [2.05, 4.69) is 0 Å². The minimum atomic E-state index is -4.31. The molecule has 19 heavy (non-hydrogen) atoms. The van der Waals surface area contributed by atoms with Crippen LogP contribution in [-0.4, -0.2) is 23.9 Å². The average molecular weight is 271 g/mol. The number of halogens is 3. The van der Waals surface area contributed by atoms with Crippen LogP contribution >= 0.6 is 0 Å². The Labute approximate surface area is 110 Å². The predicted octanol–water partition coefficient (Wildman–Crippen LogP) is 3.04. The molecule has 0 N–H and O–H groups in total. The number of amides is 1. The fourth-order valence-corrected chi connectivity index (χ4v) is 2.37. The lowest BCUT2D eigenvalue weighted by Gasteiger charge is -2.19. The van der Waals surface area contributed by atoms with Crippen LogP contribution in [0, 0.1) is 0 Å². The zero-order chi connectivity index (χ0) is 14.0. The van der Waals surface area contributed by atoms with Crippen LogP contribution in [0.5, 0.6) is 0 Å². The number of carbonyl (C=O) groups excluding carboxylic acids is 1. The Kier molecular flexibility index (Phi) is 3.83. The van der Waals surface area contributed by atoms with Crippen molar-refractivity contribution in [3.05, 3.63) is 34.9 Å². The second-order valence-corrected chi connectivity index (χ2v) is 4.72. The van der Waals surface area contributed by atoms with Gasteiger partial charge in [0, 0.05) is 19.5 Å². The Morgan fingerprint density at radius 3 is 2.42 bits per heavy atom. The maximum absolute atomic E-state index is 12.7. The highest BCUT2D eigenvalue weighted by Gasteiger charge is 2.31. The van der Waals surface area contributed by atoms with Crippen molar-refractivity contribution in [3.63, 3.8) is 0 Å². The summed E-state index contributed by atoms with van der Waals surface area (Å²) < 4.78 is 38.0. The molecule has 2 rings (SSSR count). The molecule has 1 heterocycles. The molecule has 1 aromatic carbocycles. The first-order valence-electron chi connectivity index (χ1n) is 6.38. The van der Waals surface area contributed by atoms with Crippen LogP contribution in [-0.2, 0) is 23.8 Å². The average Bonchev–Trinajstić information content (AvgIpc) is 2.58. The number of nitrogens with zero attached hydrogens (tertiary/aromatic N) is 1. The summed E-state index contributed by atoms with van der Waals surface area (Å²) in [6.45, 7) is 2.88. The molecule has 1 aliphatic heterocycles. The van der Waals surface area contributed by atoms with E-state index in [4.69, 9.17) is 0 Å². The number of carbonyl (C=O) groups is 1. The van der Waals surface area contributed by atoms with E-state index in [1.54, 1.807) is 11.8 Å². The molecule has 1 amide bonds. The zero-order valence-corrected chi connectivity index (χ0v) is 10.8. The maximum atomic E-state index is 12.7. The third kappa shape index (κ3) is 3.08. The van der Waals surface area contributed by atoms with Gasteiger partial charge in [0.15, 0.2) is 0 Å². The van der Waals surface area contributed by atoms with Gasteiger partial charge in [0.1, 0.15) is 0 Å². The fraction of sp³-hybridized carbons (Fsp3) is 0.500. The van der Waals surface area contributed by atoms with E-state index in [-0.39, 0.29) is 5.91 Å². The molecule has 5 heteroatoms. The highest BCUT2D eigenvalue weighted by Crippen LogP contribution is 2.31. The lowest BCUT2D eigenvalue weighted by Crippen LogP contribution is -2.32. The van der Waals surface area contributed by atoms with Crippen LogP contribution in [0.2, 0.25) is 0 Å². The molecule has 0 radical (unpaired) electrons. The van der Waals surface area contributed by atoms with Crippen molar-refractivity contribution in [2.75, 3.05) is 13.1 Å². The van der Waals surface area contributed by atoms with Crippen molar-refractivity contribution in [2.45, 2.75) is 32.4 Å². The first-order valence-corrected chi connectivity index (χ1v) is 6.38. The van der Waals surface area contributed by atoms with Crippen LogP contribution in [0.15, 0.2) is 18.2 Å². The molecule has 0 bridgehead atoms. The highest BCUT2D eigenvalue weighted by molar-refractivity contribution is 5.75. The molecule has 0 saturated heterocycles. The third-order valence-corrected chi connectivity index (χ3v) is 3.49. The monoisotopic (exact) mass is 271 g/mol. The lowest BCUT2D eigenvalue weighted by atomic mass is 10.00. The van der Waals surface area contributed by atoms with Gasteiger partial charge in [-0.05, 0) is 36.1 Å². The van der Waals surface area contributed by atoms with Crippen LogP contribution in [0.1, 0.15) is 30.0 Å². The number of rotatable bonds is 1. The standard InChI is InChI=1S/C14H16F3NO/c1-2-13(19)18-7-5-10-3-4-12(14(15,16)17)9-11(10)6-8-18/h3-4,9H,2,5-8H2,1H3. The van der Waals surface area contributed by atoms with E-state index in [1.807, 2.05) is 0 Å². The van der Waals surface area contributed by atoms with E-state index in [1.165, 1.54) is 12.1 Å². The van der Waals surface area contributed by atoms with E-state index < -0.39 is 11.7 Å². The van der Waals surface area contributed by atoms with Gasteiger partial charge in [-0.3, -0.25) is 4.79 Å². The lowest BCUT2D eigenvalue weighted by molar-refractivity contribution is -0.137. The molecular formula is C14H16F3NO. The SMILES string of the molecule is CCC(=O)N1CCc2ccc(C(F)(F)F)cc2CC1. The summed E-state index contributed by atoms with van der Waals surface area (Å²) in [6, 6.07) is 3.88. The van der Waals surface area contributed by atoms with Gasteiger partial charge in [0.25, 0.3) is 0 Å². The summed E-state index contributed by atoms with van der Waals surface area (Å²) in [4.78, 5) is 13.4. The minimum absolute atomic E-state index is 0.0591. The van der Waals surface area contributed by atoms with Crippen LogP contribution in [0.3, 0.4) is 0 Å². The van der Waals surface area contributed by atoms with Gasteiger partial charge in [-0.15, -0.1) is 0 Å². The molecule has 0 fully saturated rings. The number of hydrogen-bond acceptors (Lipinski definition) is 1. The second kappa shape index (κ2) is 5.23. The number of benzene rings is 1. The second-order valence-electron chi connectivity index (χ2n) is 4.72. The molecule has 0 aliphatic carbocycles. The van der Waals surface area contributed by atoms with Gasteiger partial charge in [-0.2, -0.15) is 13.2 Å². The van der Waals surface area contributed by atoms with Gasteiger partial charge in [0.05, 0.1) is 5.56 Å². The Hall–Kier alpha value is -1.52. The topological polar surface area (TPSA) is 20.3 Å². The summed E-state index contributed by atoms with van der Waals surface area (Å²) in [7, 11) is 0. The van der Waals surface area contributed by atoms with Gasteiger partial charge >= 0.3 is 6.18 Å². The molecule has 0 spiro atoms. The molecule has 0 aromatic heterocycles. The van der Waals surface area contributed by atoms with Gasteiger partial charge in [0.2, 0.25) is 5.91 Å². The Bertz CT molecular complexity index is 482. The quantitative estimate of drug-likeness (QED) is 0.768. The van der Waals surface area contributed by atoms with E-state index in [0.29, 0.717) is 37.9 Å². The third-order valence-electron chi connectivity index (χ3n) is 3.49. The predicted molar refractivity (Wildman–Crippen MR) is 65.7 cm³/mol. The van der Waals surface area contributed by atoms with Gasteiger partial charge in [-0.25, -0.2) is 0 Å². The molecule has 2 nitrogen and oxygen atoms in total. The van der Waals surface area contributed by atoms with Crippen molar-refractivity contribution < 1.29 is 18.0 Å². The fourth-order valence-electron chi connectivity index (χ4n) is 2.37. The number of alkyl halides is 3. The van der Waals surface area contributed by atoms with Crippen LogP contribution in [0.4, 0.5) is 13.2 Å². The van der Waals surface area contributed by atoms with Crippen LogP contribution < -0.4 is 0 Å². The summed E-state index contributed by atoms with van der Waals surface area (Å²) in [5.74, 6) is 0.0591. The summed E-state index contributed by atoms with van der Waals surface area (Å²) in [6.07, 6.45) is -2.76. The van der Waals surface area contributed by atoms with Gasteiger partial charge < -0.3 is 4.90 Å².